The van der Waals surface area contributed by atoms with E-state index in [1.165, 1.54) is 70.3 Å². The monoisotopic (exact) mass is 418 g/mol. The minimum absolute atomic E-state index is 0.0201. The van der Waals surface area contributed by atoms with Crippen LogP contribution in [-0.2, 0) is 6.42 Å². The Balaban J connectivity index is 2.49. The van der Waals surface area contributed by atoms with E-state index in [9.17, 15) is 19.8 Å². The minimum Gasteiger partial charge on any atom is -0.478 e. The third kappa shape index (κ3) is 8.89. The summed E-state index contributed by atoms with van der Waals surface area (Å²) in [5, 5.41) is 19.1. The van der Waals surface area contributed by atoms with E-state index in [1.54, 1.807) is 0 Å². The molecular weight excluding hydrogens is 376 g/mol. The molecule has 1 aromatic carbocycles. The van der Waals surface area contributed by atoms with Crippen LogP contribution in [0.5, 0.6) is 0 Å². The molecule has 0 aliphatic heterocycles. The maximum absolute atomic E-state index is 11.8. The van der Waals surface area contributed by atoms with Gasteiger partial charge in [0.05, 0.1) is 11.1 Å². The van der Waals surface area contributed by atoms with Gasteiger partial charge in [0.25, 0.3) is 0 Å². The van der Waals surface area contributed by atoms with Gasteiger partial charge >= 0.3 is 11.9 Å². The van der Waals surface area contributed by atoms with Gasteiger partial charge < -0.3 is 10.2 Å². The zero-order valence-corrected chi connectivity index (χ0v) is 19.3. The fourth-order valence-corrected chi connectivity index (χ4v) is 4.21. The van der Waals surface area contributed by atoms with Gasteiger partial charge in [-0.25, -0.2) is 9.59 Å². The molecule has 1 rings (SSSR count). The predicted octanol–water partition coefficient (Wildman–Crippen LogP) is 7.84. The summed E-state index contributed by atoms with van der Waals surface area (Å²) in [5.74, 6) is -2.28. The summed E-state index contributed by atoms with van der Waals surface area (Å²) in [6, 6.07) is 3.30. The quantitative estimate of drug-likeness (QED) is 0.253. The maximum atomic E-state index is 11.8. The molecule has 4 nitrogen and oxygen atoms in total. The van der Waals surface area contributed by atoms with Crippen LogP contribution < -0.4 is 0 Å². The number of rotatable bonds is 17. The third-order valence-electron chi connectivity index (χ3n) is 6.18. The van der Waals surface area contributed by atoms with Crippen molar-refractivity contribution in [1.82, 2.24) is 0 Å². The van der Waals surface area contributed by atoms with Crippen LogP contribution >= 0.6 is 0 Å². The fraction of sp³-hybridized carbons (Fsp3) is 0.692. The Kier molecular flexibility index (Phi) is 13.1. The molecule has 0 saturated heterocycles. The van der Waals surface area contributed by atoms with Crippen LogP contribution in [0, 0.1) is 0 Å². The molecular formula is C26H42O4. The van der Waals surface area contributed by atoms with Crippen LogP contribution in [0.3, 0.4) is 0 Å². The van der Waals surface area contributed by atoms with Gasteiger partial charge in [0.2, 0.25) is 0 Å². The van der Waals surface area contributed by atoms with Gasteiger partial charge in [-0.1, -0.05) is 97.5 Å². The molecule has 0 fully saturated rings. The number of benzene rings is 1. The van der Waals surface area contributed by atoms with Crippen molar-refractivity contribution in [2.45, 2.75) is 117 Å². The Hall–Kier alpha value is -1.84. The molecule has 0 aromatic heterocycles. The van der Waals surface area contributed by atoms with E-state index in [-0.39, 0.29) is 17.0 Å². The van der Waals surface area contributed by atoms with Crippen molar-refractivity contribution in [2.24, 2.45) is 0 Å². The van der Waals surface area contributed by atoms with Crippen molar-refractivity contribution < 1.29 is 19.8 Å². The van der Waals surface area contributed by atoms with E-state index < -0.39 is 11.9 Å². The van der Waals surface area contributed by atoms with E-state index in [4.69, 9.17) is 0 Å². The number of hydrogen-bond donors (Lipinski definition) is 2. The highest BCUT2D eigenvalue weighted by Crippen LogP contribution is 2.31. The van der Waals surface area contributed by atoms with Gasteiger partial charge in [-0.15, -0.1) is 0 Å². The summed E-state index contributed by atoms with van der Waals surface area (Å²) in [5.41, 5.74) is 1.59. The van der Waals surface area contributed by atoms with Crippen molar-refractivity contribution in [3.8, 4) is 0 Å². The first-order chi connectivity index (χ1) is 14.4. The van der Waals surface area contributed by atoms with E-state index in [0.29, 0.717) is 5.56 Å². The van der Waals surface area contributed by atoms with E-state index in [2.05, 4.69) is 6.92 Å². The molecule has 0 bridgehead atoms. The van der Waals surface area contributed by atoms with Crippen molar-refractivity contribution in [2.75, 3.05) is 0 Å². The zero-order chi connectivity index (χ0) is 22.4. The minimum atomic E-state index is -1.17. The van der Waals surface area contributed by atoms with Crippen LogP contribution in [-0.4, -0.2) is 22.2 Å². The molecule has 1 atom stereocenters. The molecule has 30 heavy (non-hydrogen) atoms. The lowest BCUT2D eigenvalue weighted by atomic mass is 9.84. The molecule has 4 heteroatoms. The molecule has 0 spiro atoms. The van der Waals surface area contributed by atoms with Crippen LogP contribution in [0.2, 0.25) is 0 Å². The fourth-order valence-electron chi connectivity index (χ4n) is 4.21. The second-order valence-electron chi connectivity index (χ2n) is 8.62. The molecule has 0 radical (unpaired) electrons. The second kappa shape index (κ2) is 15.0. The van der Waals surface area contributed by atoms with Crippen molar-refractivity contribution in [3.05, 3.63) is 34.4 Å². The molecule has 0 saturated carbocycles. The third-order valence-corrected chi connectivity index (χ3v) is 6.18. The Morgan fingerprint density at radius 1 is 0.767 bits per heavy atom. The lowest BCUT2D eigenvalue weighted by Crippen LogP contribution is -2.15. The maximum Gasteiger partial charge on any atom is 0.336 e. The average molecular weight is 419 g/mol. The number of carboxylic acids is 2. The van der Waals surface area contributed by atoms with Gasteiger partial charge in [0, 0.05) is 0 Å². The lowest BCUT2D eigenvalue weighted by Gasteiger charge is -2.19. The molecule has 1 unspecified atom stereocenters. The standard InChI is InChI=1S/C26H42O4/c1-4-6-7-8-9-10-11-12-13-14-15-16-17-21-18-19-22(25(27)28)24(26(29)30)23(21)20(3)5-2/h18-20H,4-17H2,1-3H3,(H,27,28)(H,29,30). The molecule has 1 aromatic rings. The van der Waals surface area contributed by atoms with E-state index in [1.807, 2.05) is 19.9 Å². The first-order valence-electron chi connectivity index (χ1n) is 12.1. The van der Waals surface area contributed by atoms with Crippen molar-refractivity contribution in [3.63, 3.8) is 0 Å². The number of unbranched alkanes of at least 4 members (excludes halogenated alkanes) is 11. The topological polar surface area (TPSA) is 74.6 Å². The Morgan fingerprint density at radius 3 is 1.70 bits per heavy atom. The average Bonchev–Trinajstić information content (AvgIpc) is 2.73. The van der Waals surface area contributed by atoms with Gasteiger partial charge in [-0.3, -0.25) is 0 Å². The number of hydrogen-bond acceptors (Lipinski definition) is 2. The molecule has 0 heterocycles. The van der Waals surface area contributed by atoms with Crippen LogP contribution in [0.15, 0.2) is 12.1 Å². The van der Waals surface area contributed by atoms with Gasteiger partial charge in [0.15, 0.2) is 0 Å². The summed E-state index contributed by atoms with van der Waals surface area (Å²) in [7, 11) is 0. The van der Waals surface area contributed by atoms with Gasteiger partial charge in [-0.05, 0) is 42.4 Å². The molecule has 0 aliphatic carbocycles. The molecule has 170 valence electrons. The summed E-state index contributed by atoms with van der Waals surface area (Å²) in [6.45, 7) is 6.25. The Morgan fingerprint density at radius 2 is 1.27 bits per heavy atom. The first-order valence-corrected chi connectivity index (χ1v) is 12.1. The van der Waals surface area contributed by atoms with Crippen molar-refractivity contribution in [1.29, 1.82) is 0 Å². The van der Waals surface area contributed by atoms with Crippen LogP contribution in [0.4, 0.5) is 0 Å². The highest BCUT2D eigenvalue weighted by Gasteiger charge is 2.25. The Bertz CT molecular complexity index is 651. The smallest absolute Gasteiger partial charge is 0.336 e. The number of carboxylic acid groups (broad SMARTS) is 2. The summed E-state index contributed by atoms with van der Waals surface area (Å²) < 4.78 is 0. The highest BCUT2D eigenvalue weighted by atomic mass is 16.4. The van der Waals surface area contributed by atoms with E-state index in [0.717, 1.165) is 31.2 Å². The number of aryl methyl sites for hydroxylation is 1. The van der Waals surface area contributed by atoms with Crippen LogP contribution in [0.1, 0.15) is 142 Å². The normalized spacial score (nSPS) is 12.1. The molecule has 2 N–H and O–H groups in total. The summed E-state index contributed by atoms with van der Waals surface area (Å²) in [6.07, 6.45) is 17.1. The van der Waals surface area contributed by atoms with Gasteiger partial charge in [-0.2, -0.15) is 0 Å². The van der Waals surface area contributed by atoms with Crippen molar-refractivity contribution >= 4 is 11.9 Å². The first kappa shape index (κ1) is 26.2. The summed E-state index contributed by atoms with van der Waals surface area (Å²) >= 11 is 0. The predicted molar refractivity (Wildman–Crippen MR) is 124 cm³/mol. The van der Waals surface area contributed by atoms with E-state index >= 15 is 0 Å². The summed E-state index contributed by atoms with van der Waals surface area (Å²) in [4.78, 5) is 23.3. The number of carbonyl (C=O) groups is 2. The second-order valence-corrected chi connectivity index (χ2v) is 8.62. The largest absolute Gasteiger partial charge is 0.478 e. The van der Waals surface area contributed by atoms with Gasteiger partial charge in [0.1, 0.15) is 0 Å². The highest BCUT2D eigenvalue weighted by molar-refractivity contribution is 6.03. The molecule has 0 aliphatic rings. The SMILES string of the molecule is CCCCCCCCCCCCCCc1ccc(C(=O)O)c(C(=O)O)c1C(C)CC. The molecule has 0 amide bonds. The Labute approximate surface area is 183 Å². The van der Waals surface area contributed by atoms with Crippen LogP contribution in [0.25, 0.3) is 0 Å². The number of aromatic carboxylic acids is 2. The zero-order valence-electron chi connectivity index (χ0n) is 19.3. The lowest BCUT2D eigenvalue weighted by molar-refractivity contribution is 0.0650.